The van der Waals surface area contributed by atoms with Gasteiger partial charge in [0, 0.05) is 5.56 Å². The molecule has 22 heavy (non-hydrogen) atoms. The Bertz CT molecular complexity index is 679. The van der Waals surface area contributed by atoms with Crippen molar-refractivity contribution in [3.63, 3.8) is 0 Å². The molecule has 2 aromatic carbocycles. The summed E-state index contributed by atoms with van der Waals surface area (Å²) in [6, 6.07) is 9.36. The van der Waals surface area contributed by atoms with Gasteiger partial charge in [-0.25, -0.2) is 0 Å². The zero-order chi connectivity index (χ0) is 16.3. The lowest BCUT2D eigenvalue weighted by Crippen LogP contribution is -2.05. The number of ketones is 1. The van der Waals surface area contributed by atoms with Gasteiger partial charge < -0.3 is 4.74 Å². The van der Waals surface area contributed by atoms with Crippen molar-refractivity contribution in [2.75, 3.05) is 0 Å². The minimum Gasteiger partial charge on any atom is -0.489 e. The van der Waals surface area contributed by atoms with E-state index in [-0.39, 0.29) is 17.4 Å². The molecule has 0 radical (unpaired) electrons. The third-order valence-corrected chi connectivity index (χ3v) is 3.32. The summed E-state index contributed by atoms with van der Waals surface area (Å²) < 4.78 is 42.8. The predicted molar refractivity (Wildman–Crippen MR) is 77.2 cm³/mol. The van der Waals surface area contributed by atoms with E-state index in [9.17, 15) is 18.0 Å². The first kappa shape index (κ1) is 16.4. The Morgan fingerprint density at radius 1 is 1.14 bits per heavy atom. The number of benzene rings is 2. The second kappa shape index (κ2) is 6.40. The molecular weight excluding hydrogens is 317 g/mol. The topological polar surface area (TPSA) is 26.3 Å². The molecule has 0 saturated heterocycles. The lowest BCUT2D eigenvalue weighted by atomic mass is 10.1. The third kappa shape index (κ3) is 4.01. The Hall–Kier alpha value is -2.01. The van der Waals surface area contributed by atoms with Crippen LogP contribution >= 0.6 is 11.6 Å². The first-order chi connectivity index (χ1) is 10.3. The molecule has 0 atom stereocenters. The average molecular weight is 329 g/mol. The second-order valence-electron chi connectivity index (χ2n) is 4.68. The van der Waals surface area contributed by atoms with Gasteiger partial charge in [-0.3, -0.25) is 4.79 Å². The van der Waals surface area contributed by atoms with Crippen LogP contribution in [0.15, 0.2) is 42.5 Å². The van der Waals surface area contributed by atoms with E-state index in [0.29, 0.717) is 16.9 Å². The number of alkyl halides is 3. The Balaban J connectivity index is 2.04. The van der Waals surface area contributed by atoms with Crippen molar-refractivity contribution < 1.29 is 22.7 Å². The molecule has 0 aromatic heterocycles. The summed E-state index contributed by atoms with van der Waals surface area (Å²) >= 11 is 5.95. The normalized spacial score (nSPS) is 11.3. The smallest absolute Gasteiger partial charge is 0.416 e. The molecule has 0 aliphatic carbocycles. The number of hydrogen-bond donors (Lipinski definition) is 0. The Morgan fingerprint density at radius 3 is 2.27 bits per heavy atom. The van der Waals surface area contributed by atoms with E-state index in [1.54, 1.807) is 12.1 Å². The van der Waals surface area contributed by atoms with Gasteiger partial charge in [0.15, 0.2) is 5.78 Å². The van der Waals surface area contributed by atoms with Crippen molar-refractivity contribution in [2.24, 2.45) is 0 Å². The molecule has 0 heterocycles. The predicted octanol–water partition coefficient (Wildman–Crippen LogP) is 5.14. The molecule has 2 nitrogen and oxygen atoms in total. The van der Waals surface area contributed by atoms with Crippen LogP contribution in [-0.4, -0.2) is 5.78 Å². The van der Waals surface area contributed by atoms with Gasteiger partial charge in [0.25, 0.3) is 0 Å². The summed E-state index contributed by atoms with van der Waals surface area (Å²) in [6.45, 7) is 1.51. The fourth-order valence-electron chi connectivity index (χ4n) is 1.83. The summed E-state index contributed by atoms with van der Waals surface area (Å²) in [5, 5.41) is 0.275. The van der Waals surface area contributed by atoms with Crippen LogP contribution in [0.25, 0.3) is 0 Å². The first-order valence-electron chi connectivity index (χ1n) is 6.37. The largest absolute Gasteiger partial charge is 0.489 e. The van der Waals surface area contributed by atoms with E-state index in [1.165, 1.54) is 25.1 Å². The first-order valence-corrected chi connectivity index (χ1v) is 6.74. The molecule has 0 amide bonds. The van der Waals surface area contributed by atoms with Crippen LogP contribution in [0.3, 0.4) is 0 Å². The highest BCUT2D eigenvalue weighted by Crippen LogP contribution is 2.29. The lowest BCUT2D eigenvalue weighted by molar-refractivity contribution is -0.137. The number of Topliss-reactive ketones (excluding diaryl/α,β-unsaturated/α-hetero) is 1. The van der Waals surface area contributed by atoms with Gasteiger partial charge >= 0.3 is 6.18 Å². The number of ether oxygens (including phenoxy) is 1. The van der Waals surface area contributed by atoms with Gasteiger partial charge in [-0.1, -0.05) is 23.7 Å². The summed E-state index contributed by atoms with van der Waals surface area (Å²) in [4.78, 5) is 11.3. The number of rotatable bonds is 4. The lowest BCUT2D eigenvalue weighted by Gasteiger charge is -2.10. The molecule has 0 fully saturated rings. The summed E-state index contributed by atoms with van der Waals surface area (Å²) in [5.74, 6) is 0.286. The maximum absolute atomic E-state index is 12.4. The van der Waals surface area contributed by atoms with Gasteiger partial charge in [0.05, 0.1) is 10.6 Å². The molecule has 0 saturated carbocycles. The van der Waals surface area contributed by atoms with E-state index in [1.807, 2.05) is 0 Å². The van der Waals surface area contributed by atoms with E-state index >= 15 is 0 Å². The van der Waals surface area contributed by atoms with E-state index < -0.39 is 11.7 Å². The van der Waals surface area contributed by atoms with Crippen LogP contribution in [0, 0.1) is 0 Å². The molecule has 0 N–H and O–H groups in total. The van der Waals surface area contributed by atoms with Gasteiger partial charge in [-0.15, -0.1) is 0 Å². The van der Waals surface area contributed by atoms with E-state index in [2.05, 4.69) is 0 Å². The third-order valence-electron chi connectivity index (χ3n) is 3.01. The minimum atomic E-state index is -4.35. The van der Waals surface area contributed by atoms with Gasteiger partial charge in [-0.2, -0.15) is 13.2 Å². The molecule has 116 valence electrons. The Labute approximate surface area is 130 Å². The van der Waals surface area contributed by atoms with Crippen LogP contribution in [-0.2, 0) is 12.8 Å². The maximum Gasteiger partial charge on any atom is 0.416 e. The van der Waals surface area contributed by atoms with Crippen molar-refractivity contribution in [3.05, 3.63) is 64.2 Å². The number of carbonyl (C=O) groups is 1. The highest BCUT2D eigenvalue weighted by Gasteiger charge is 2.29. The van der Waals surface area contributed by atoms with Crippen LogP contribution in [0.2, 0.25) is 5.02 Å². The zero-order valence-electron chi connectivity index (χ0n) is 11.6. The van der Waals surface area contributed by atoms with Crippen LogP contribution in [0.4, 0.5) is 13.2 Å². The molecule has 0 aliphatic rings. The van der Waals surface area contributed by atoms with Gasteiger partial charge in [0.2, 0.25) is 0 Å². The molecule has 2 aromatic rings. The molecule has 6 heteroatoms. The van der Waals surface area contributed by atoms with Crippen LogP contribution in [0.5, 0.6) is 5.75 Å². The van der Waals surface area contributed by atoms with E-state index in [0.717, 1.165) is 12.1 Å². The van der Waals surface area contributed by atoms with E-state index in [4.69, 9.17) is 16.3 Å². The summed E-state index contributed by atoms with van der Waals surface area (Å²) in [5.41, 5.74) is 0.286. The van der Waals surface area contributed by atoms with Crippen molar-refractivity contribution in [1.82, 2.24) is 0 Å². The highest BCUT2D eigenvalue weighted by atomic mass is 35.5. The monoisotopic (exact) mass is 328 g/mol. The Kier molecular flexibility index (Phi) is 4.76. The van der Waals surface area contributed by atoms with Crippen molar-refractivity contribution >= 4 is 17.4 Å². The van der Waals surface area contributed by atoms with Gasteiger partial charge in [0.1, 0.15) is 12.4 Å². The van der Waals surface area contributed by atoms with Gasteiger partial charge in [-0.05, 0) is 42.8 Å². The highest BCUT2D eigenvalue weighted by molar-refractivity contribution is 6.34. The average Bonchev–Trinajstić information content (AvgIpc) is 2.44. The molecule has 2 rings (SSSR count). The zero-order valence-corrected chi connectivity index (χ0v) is 12.3. The van der Waals surface area contributed by atoms with Crippen molar-refractivity contribution in [3.8, 4) is 5.75 Å². The SMILES string of the molecule is CC(=O)c1ccc(OCc2ccc(C(F)(F)F)cc2)cc1Cl. The molecule has 0 aliphatic heterocycles. The quantitative estimate of drug-likeness (QED) is 0.726. The molecule has 0 bridgehead atoms. The standard InChI is InChI=1S/C16H12ClF3O2/c1-10(21)14-7-6-13(8-15(14)17)22-9-11-2-4-12(5-3-11)16(18,19)20/h2-8H,9H2,1H3. The number of halogens is 4. The number of hydrogen-bond acceptors (Lipinski definition) is 2. The molecule has 0 spiro atoms. The fourth-order valence-corrected chi connectivity index (χ4v) is 2.13. The van der Waals surface area contributed by atoms with Crippen molar-refractivity contribution in [1.29, 1.82) is 0 Å². The minimum absolute atomic E-state index is 0.105. The Morgan fingerprint density at radius 2 is 1.77 bits per heavy atom. The maximum atomic E-state index is 12.4. The molecule has 0 unspecified atom stereocenters. The summed E-state index contributed by atoms with van der Waals surface area (Å²) in [6.07, 6.45) is -4.35. The van der Waals surface area contributed by atoms with Crippen molar-refractivity contribution in [2.45, 2.75) is 19.7 Å². The van der Waals surface area contributed by atoms with Crippen LogP contribution in [0.1, 0.15) is 28.4 Å². The fraction of sp³-hybridized carbons (Fsp3) is 0.188. The summed E-state index contributed by atoms with van der Waals surface area (Å²) in [7, 11) is 0. The second-order valence-corrected chi connectivity index (χ2v) is 5.09. The molecular formula is C16H12ClF3O2. The van der Waals surface area contributed by atoms with Crippen LogP contribution < -0.4 is 4.74 Å². The number of carbonyl (C=O) groups excluding carboxylic acids is 1.